The number of nitrogens with one attached hydrogen (secondary N) is 1. The highest BCUT2D eigenvalue weighted by atomic mass is 79.9. The predicted octanol–water partition coefficient (Wildman–Crippen LogP) is 5.07. The molecule has 0 aliphatic rings. The minimum atomic E-state index is -0.104. The highest BCUT2D eigenvalue weighted by Crippen LogP contribution is 2.29. The summed E-state index contributed by atoms with van der Waals surface area (Å²) in [5, 5.41) is 3.25. The summed E-state index contributed by atoms with van der Waals surface area (Å²) >= 11 is 3.44. The number of nitrogens with zero attached hydrogens (tertiary/aromatic N) is 2. The number of halogens is 1. The third kappa shape index (κ3) is 2.99. The van der Waals surface area contributed by atoms with Crippen LogP contribution < -0.4 is 5.56 Å². The molecule has 130 valence electrons. The normalized spacial score (nSPS) is 11.2. The number of H-pyrrole nitrogens is 1. The van der Waals surface area contributed by atoms with Gasteiger partial charge in [-0.1, -0.05) is 71.7 Å². The summed E-state index contributed by atoms with van der Waals surface area (Å²) in [5.74, 6) is 0. The number of aryl methyl sites for hydroxylation is 1. The molecule has 0 saturated carbocycles. The van der Waals surface area contributed by atoms with Crippen LogP contribution >= 0.6 is 15.9 Å². The van der Waals surface area contributed by atoms with Crippen LogP contribution in [0.15, 0.2) is 69.9 Å². The molecule has 0 saturated heterocycles. The van der Waals surface area contributed by atoms with Gasteiger partial charge in [0.25, 0.3) is 5.56 Å². The molecule has 2 heterocycles. The third-order valence-electron chi connectivity index (χ3n) is 4.39. The molecule has 0 spiro atoms. The Morgan fingerprint density at radius 2 is 1.77 bits per heavy atom. The summed E-state index contributed by atoms with van der Waals surface area (Å²) in [5.41, 5.74) is 5.28. The van der Waals surface area contributed by atoms with Crippen molar-refractivity contribution in [3.8, 4) is 22.4 Å². The third-order valence-corrected chi connectivity index (χ3v) is 4.92. The van der Waals surface area contributed by atoms with Crippen LogP contribution in [0, 0.1) is 0 Å². The Hall–Kier alpha value is -2.66. The van der Waals surface area contributed by atoms with Crippen molar-refractivity contribution in [2.24, 2.45) is 0 Å². The molecule has 0 atom stereocenters. The van der Waals surface area contributed by atoms with E-state index < -0.39 is 0 Å². The van der Waals surface area contributed by atoms with Crippen LogP contribution in [-0.4, -0.2) is 14.6 Å². The quantitative estimate of drug-likeness (QED) is 0.513. The lowest BCUT2D eigenvalue weighted by atomic mass is 10.0. The molecule has 0 unspecified atom stereocenters. The fraction of sp³-hybridized carbons (Fsp3) is 0.143. The Morgan fingerprint density at radius 3 is 2.46 bits per heavy atom. The maximum Gasteiger partial charge on any atom is 0.273 e. The van der Waals surface area contributed by atoms with Crippen molar-refractivity contribution < 1.29 is 0 Å². The van der Waals surface area contributed by atoms with Crippen LogP contribution in [0.1, 0.15) is 19.0 Å². The molecular weight excluding hydrogens is 390 g/mol. The van der Waals surface area contributed by atoms with Crippen LogP contribution in [0.3, 0.4) is 0 Å². The van der Waals surface area contributed by atoms with E-state index in [2.05, 4.69) is 40.1 Å². The van der Waals surface area contributed by atoms with Crippen molar-refractivity contribution in [1.29, 1.82) is 0 Å². The topological polar surface area (TPSA) is 50.2 Å². The van der Waals surface area contributed by atoms with E-state index in [-0.39, 0.29) is 5.56 Å². The van der Waals surface area contributed by atoms with Gasteiger partial charge in [-0.3, -0.25) is 9.89 Å². The van der Waals surface area contributed by atoms with E-state index in [4.69, 9.17) is 4.98 Å². The van der Waals surface area contributed by atoms with Crippen LogP contribution in [0.4, 0.5) is 0 Å². The number of hydrogen-bond donors (Lipinski definition) is 1. The first-order valence-electron chi connectivity index (χ1n) is 8.63. The van der Waals surface area contributed by atoms with E-state index in [0.717, 1.165) is 39.7 Å². The minimum Gasteiger partial charge on any atom is -0.293 e. The maximum atomic E-state index is 12.7. The summed E-state index contributed by atoms with van der Waals surface area (Å²) < 4.78 is 2.55. The molecule has 2 aromatic carbocycles. The van der Waals surface area contributed by atoms with Gasteiger partial charge in [0.05, 0.1) is 5.69 Å². The molecule has 0 radical (unpaired) electrons. The predicted molar refractivity (Wildman–Crippen MR) is 108 cm³/mol. The van der Waals surface area contributed by atoms with Gasteiger partial charge in [0.2, 0.25) is 0 Å². The lowest BCUT2D eigenvalue weighted by Crippen LogP contribution is -2.14. The smallest absolute Gasteiger partial charge is 0.273 e. The fourth-order valence-corrected chi connectivity index (χ4v) is 3.46. The number of fused-ring (bicyclic) bond motifs is 1. The minimum absolute atomic E-state index is 0.104. The number of benzene rings is 2. The number of rotatable bonds is 4. The second-order valence-corrected chi connectivity index (χ2v) is 7.14. The monoisotopic (exact) mass is 407 g/mol. The first kappa shape index (κ1) is 16.8. The van der Waals surface area contributed by atoms with Crippen LogP contribution in [-0.2, 0) is 6.42 Å². The Bertz CT molecular complexity index is 1110. The van der Waals surface area contributed by atoms with E-state index in [1.54, 1.807) is 10.6 Å². The Kier molecular flexibility index (Phi) is 4.47. The van der Waals surface area contributed by atoms with Crippen molar-refractivity contribution in [2.45, 2.75) is 19.8 Å². The molecule has 4 rings (SSSR count). The van der Waals surface area contributed by atoms with E-state index in [9.17, 15) is 4.79 Å². The zero-order valence-electron chi connectivity index (χ0n) is 14.4. The summed E-state index contributed by atoms with van der Waals surface area (Å²) in [6, 6.07) is 19.5. The summed E-state index contributed by atoms with van der Waals surface area (Å²) in [6.45, 7) is 2.13. The second kappa shape index (κ2) is 6.92. The zero-order chi connectivity index (χ0) is 18.1. The van der Waals surface area contributed by atoms with Crippen LogP contribution in [0.2, 0.25) is 0 Å². The molecule has 0 fully saturated rings. The van der Waals surface area contributed by atoms with Crippen LogP contribution in [0.5, 0.6) is 0 Å². The number of aromatic amines is 1. The molecule has 4 nitrogen and oxygen atoms in total. The molecule has 5 heteroatoms. The van der Waals surface area contributed by atoms with Gasteiger partial charge in [0.15, 0.2) is 5.65 Å². The molecule has 0 aliphatic carbocycles. The molecule has 0 aliphatic heterocycles. The van der Waals surface area contributed by atoms with Gasteiger partial charge in [-0.15, -0.1) is 0 Å². The summed E-state index contributed by atoms with van der Waals surface area (Å²) in [6.07, 6.45) is 1.85. The van der Waals surface area contributed by atoms with E-state index in [1.807, 2.05) is 42.5 Å². The molecule has 2 aromatic heterocycles. The fourth-order valence-electron chi connectivity index (χ4n) is 3.19. The summed E-state index contributed by atoms with van der Waals surface area (Å²) in [4.78, 5) is 17.6. The molecule has 0 amide bonds. The average molecular weight is 408 g/mol. The van der Waals surface area contributed by atoms with Crippen molar-refractivity contribution in [1.82, 2.24) is 14.6 Å². The lowest BCUT2D eigenvalue weighted by Gasteiger charge is -2.04. The van der Waals surface area contributed by atoms with Gasteiger partial charge in [-0.25, -0.2) is 9.50 Å². The molecule has 26 heavy (non-hydrogen) atoms. The van der Waals surface area contributed by atoms with E-state index >= 15 is 0 Å². The van der Waals surface area contributed by atoms with Gasteiger partial charge < -0.3 is 0 Å². The van der Waals surface area contributed by atoms with E-state index in [1.165, 1.54) is 0 Å². The first-order chi connectivity index (χ1) is 12.7. The summed E-state index contributed by atoms with van der Waals surface area (Å²) in [7, 11) is 0. The SMILES string of the molecule is CCCc1[nH]n2c(=O)cc(-c3ccc(Br)cc3)nc2c1-c1ccccc1. The van der Waals surface area contributed by atoms with Crippen molar-refractivity contribution in [2.75, 3.05) is 0 Å². The molecular formula is C21H18BrN3O. The van der Waals surface area contributed by atoms with Gasteiger partial charge >= 0.3 is 0 Å². The van der Waals surface area contributed by atoms with Crippen LogP contribution in [0.25, 0.3) is 28.0 Å². The highest BCUT2D eigenvalue weighted by molar-refractivity contribution is 9.10. The number of aromatic nitrogens is 3. The van der Waals surface area contributed by atoms with Gasteiger partial charge in [0.1, 0.15) is 0 Å². The Labute approximate surface area is 159 Å². The molecule has 1 N–H and O–H groups in total. The van der Waals surface area contributed by atoms with E-state index in [0.29, 0.717) is 11.3 Å². The van der Waals surface area contributed by atoms with Gasteiger partial charge in [-0.2, -0.15) is 0 Å². The largest absolute Gasteiger partial charge is 0.293 e. The molecule has 4 aromatic rings. The Balaban J connectivity index is 2.00. The first-order valence-corrected chi connectivity index (χ1v) is 9.42. The van der Waals surface area contributed by atoms with Gasteiger partial charge in [-0.05, 0) is 24.1 Å². The maximum absolute atomic E-state index is 12.7. The van der Waals surface area contributed by atoms with Crippen molar-refractivity contribution in [3.05, 3.63) is 81.2 Å². The standard InChI is InChI=1S/C21H18BrN3O/c1-2-6-17-20(15-7-4-3-5-8-15)21-23-18(13-19(26)25(21)24-17)14-9-11-16(22)12-10-14/h3-5,7-13,24H,2,6H2,1H3. The molecule has 0 bridgehead atoms. The average Bonchev–Trinajstić information content (AvgIpc) is 3.02. The van der Waals surface area contributed by atoms with Crippen molar-refractivity contribution in [3.63, 3.8) is 0 Å². The lowest BCUT2D eigenvalue weighted by molar-refractivity contribution is 0.819. The number of hydrogen-bond acceptors (Lipinski definition) is 2. The van der Waals surface area contributed by atoms with Gasteiger partial charge in [0, 0.05) is 27.4 Å². The highest BCUT2D eigenvalue weighted by Gasteiger charge is 2.17. The second-order valence-electron chi connectivity index (χ2n) is 6.23. The van der Waals surface area contributed by atoms with Crippen molar-refractivity contribution >= 4 is 21.6 Å². The Morgan fingerprint density at radius 1 is 1.04 bits per heavy atom. The zero-order valence-corrected chi connectivity index (χ0v) is 16.0.